The van der Waals surface area contributed by atoms with Gasteiger partial charge in [0.2, 0.25) is 0 Å². The van der Waals surface area contributed by atoms with Gasteiger partial charge in [-0.25, -0.2) is 0 Å². The zero-order valence-corrected chi connectivity index (χ0v) is 16.3. The zero-order valence-electron chi connectivity index (χ0n) is 16.3. The predicted octanol–water partition coefficient (Wildman–Crippen LogP) is 6.30. The molecule has 0 atom stereocenters. The lowest BCUT2D eigenvalue weighted by molar-refractivity contribution is -0.136. The van der Waals surface area contributed by atoms with E-state index in [1.165, 1.54) is 17.2 Å². The Morgan fingerprint density at radius 1 is 0.966 bits per heavy atom. The molecule has 1 N–H and O–H groups in total. The van der Waals surface area contributed by atoms with Gasteiger partial charge in [-0.15, -0.1) is 0 Å². The molecule has 3 aromatic rings. The van der Waals surface area contributed by atoms with Crippen molar-refractivity contribution in [2.24, 2.45) is 0 Å². The average Bonchev–Trinajstić information content (AvgIpc) is 3.15. The maximum atomic E-state index is 13.1. The van der Waals surface area contributed by atoms with Crippen molar-refractivity contribution < 1.29 is 13.2 Å². The first kappa shape index (κ1) is 19.8. The molecule has 152 valence electrons. The number of benzene rings is 2. The number of unbranched alkanes of at least 4 members (excludes halogenated alkanes) is 1. The summed E-state index contributed by atoms with van der Waals surface area (Å²) in [6.45, 7) is 3.05. The Morgan fingerprint density at radius 3 is 2.52 bits per heavy atom. The topological polar surface area (TPSA) is 19.0 Å². The van der Waals surface area contributed by atoms with Gasteiger partial charge in [0, 0.05) is 24.7 Å². The third kappa shape index (κ3) is 4.56. The molecule has 5 heteroatoms. The molecular weight excluding hydrogens is 373 g/mol. The number of hydrogen-bond donors (Lipinski definition) is 1. The van der Waals surface area contributed by atoms with Crippen molar-refractivity contribution in [2.75, 3.05) is 19.6 Å². The molecule has 4 rings (SSSR count). The van der Waals surface area contributed by atoms with Gasteiger partial charge in [-0.05, 0) is 55.0 Å². The molecule has 0 bridgehead atoms. The van der Waals surface area contributed by atoms with Crippen LogP contribution in [0.25, 0.3) is 16.5 Å². The lowest BCUT2D eigenvalue weighted by atomic mass is 9.99. The Labute approximate surface area is 169 Å². The van der Waals surface area contributed by atoms with Crippen molar-refractivity contribution in [2.45, 2.75) is 31.9 Å². The van der Waals surface area contributed by atoms with Crippen LogP contribution < -0.4 is 0 Å². The van der Waals surface area contributed by atoms with Crippen molar-refractivity contribution in [3.8, 4) is 0 Å². The van der Waals surface area contributed by atoms with Crippen LogP contribution in [-0.4, -0.2) is 29.5 Å². The number of halogens is 3. The highest BCUT2D eigenvalue weighted by atomic mass is 19.4. The third-order valence-corrected chi connectivity index (χ3v) is 5.71. The highest BCUT2D eigenvalue weighted by molar-refractivity contribution is 5.86. The number of para-hydroxylation sites is 1. The number of H-pyrrole nitrogens is 1. The lowest BCUT2D eigenvalue weighted by Gasteiger charge is -2.26. The van der Waals surface area contributed by atoms with Gasteiger partial charge >= 0.3 is 6.18 Å². The molecule has 0 amide bonds. The second-order valence-electron chi connectivity index (χ2n) is 7.64. The van der Waals surface area contributed by atoms with Crippen LogP contribution in [0.4, 0.5) is 13.2 Å². The van der Waals surface area contributed by atoms with Crippen LogP contribution >= 0.6 is 0 Å². The first-order valence-corrected chi connectivity index (χ1v) is 10.2. The summed E-state index contributed by atoms with van der Waals surface area (Å²) in [5, 5.41) is 0.688. The van der Waals surface area contributed by atoms with Gasteiger partial charge in [0.15, 0.2) is 0 Å². The zero-order chi connectivity index (χ0) is 20.3. The van der Waals surface area contributed by atoms with E-state index in [4.69, 9.17) is 0 Å². The number of aryl methyl sites for hydroxylation is 1. The molecule has 0 fully saturated rings. The summed E-state index contributed by atoms with van der Waals surface area (Å²) in [5.74, 6) is 0. The standard InChI is InChI=1S/C24H25F3N2/c25-24(26,27)22-11-6-10-21-20(17-28-23(21)22)9-4-5-14-29-15-12-19(13-16-29)18-7-2-1-3-8-18/h1-3,6-8,10-12,17,28H,4-5,9,13-16H2. The summed E-state index contributed by atoms with van der Waals surface area (Å²) < 4.78 is 39.4. The molecular formula is C24H25F3N2. The van der Waals surface area contributed by atoms with Crippen LogP contribution in [0.1, 0.15) is 36.0 Å². The average molecular weight is 398 g/mol. The smallest absolute Gasteiger partial charge is 0.360 e. The molecule has 0 aliphatic carbocycles. The van der Waals surface area contributed by atoms with Crippen LogP contribution in [0.3, 0.4) is 0 Å². The summed E-state index contributed by atoms with van der Waals surface area (Å²) in [7, 11) is 0. The number of aromatic amines is 1. The van der Waals surface area contributed by atoms with E-state index in [0.29, 0.717) is 5.39 Å². The number of alkyl halides is 3. The quantitative estimate of drug-likeness (QED) is 0.483. The van der Waals surface area contributed by atoms with E-state index >= 15 is 0 Å². The van der Waals surface area contributed by atoms with Gasteiger partial charge in [-0.2, -0.15) is 13.2 Å². The highest BCUT2D eigenvalue weighted by Crippen LogP contribution is 2.35. The fraction of sp³-hybridized carbons (Fsp3) is 0.333. The molecule has 0 saturated carbocycles. The molecule has 29 heavy (non-hydrogen) atoms. The van der Waals surface area contributed by atoms with Crippen LogP contribution in [0.5, 0.6) is 0 Å². The fourth-order valence-electron chi connectivity index (χ4n) is 4.14. The Kier molecular flexibility index (Phi) is 5.76. The molecule has 0 radical (unpaired) electrons. The van der Waals surface area contributed by atoms with E-state index < -0.39 is 11.7 Å². The van der Waals surface area contributed by atoms with E-state index in [0.717, 1.165) is 56.9 Å². The minimum absolute atomic E-state index is 0.199. The van der Waals surface area contributed by atoms with E-state index in [1.54, 1.807) is 12.3 Å². The van der Waals surface area contributed by atoms with Crippen LogP contribution in [0.15, 0.2) is 60.8 Å². The molecule has 1 aliphatic heterocycles. The van der Waals surface area contributed by atoms with Crippen LogP contribution in [-0.2, 0) is 12.6 Å². The second kappa shape index (κ2) is 8.46. The van der Waals surface area contributed by atoms with E-state index in [1.807, 2.05) is 6.07 Å². The van der Waals surface area contributed by atoms with Gasteiger partial charge in [0.25, 0.3) is 0 Å². The molecule has 2 nitrogen and oxygen atoms in total. The minimum Gasteiger partial charge on any atom is -0.360 e. The number of nitrogens with one attached hydrogen (secondary N) is 1. The predicted molar refractivity (Wildman–Crippen MR) is 112 cm³/mol. The molecule has 2 aromatic carbocycles. The maximum Gasteiger partial charge on any atom is 0.418 e. The van der Waals surface area contributed by atoms with Crippen LogP contribution in [0.2, 0.25) is 0 Å². The normalized spacial score (nSPS) is 15.6. The van der Waals surface area contributed by atoms with Gasteiger partial charge in [-0.3, -0.25) is 4.90 Å². The Balaban J connectivity index is 1.29. The lowest BCUT2D eigenvalue weighted by Crippen LogP contribution is -2.29. The molecule has 1 aromatic heterocycles. The van der Waals surface area contributed by atoms with Gasteiger partial charge in [-0.1, -0.05) is 48.5 Å². The number of aromatic nitrogens is 1. The number of fused-ring (bicyclic) bond motifs is 1. The van der Waals surface area contributed by atoms with Crippen molar-refractivity contribution in [1.29, 1.82) is 0 Å². The SMILES string of the molecule is FC(F)(F)c1cccc2c(CCCCN3CC=C(c4ccccc4)CC3)c[nH]c12. The molecule has 0 unspecified atom stereocenters. The first-order chi connectivity index (χ1) is 14.0. The Bertz CT molecular complexity index is 986. The van der Waals surface area contributed by atoms with E-state index in [9.17, 15) is 13.2 Å². The number of nitrogens with zero attached hydrogens (tertiary/aromatic N) is 1. The molecule has 2 heterocycles. The number of rotatable bonds is 6. The maximum absolute atomic E-state index is 13.1. The Morgan fingerprint density at radius 2 is 1.79 bits per heavy atom. The Hall–Kier alpha value is -2.53. The summed E-state index contributed by atoms with van der Waals surface area (Å²) in [6, 6.07) is 14.9. The fourth-order valence-corrected chi connectivity index (χ4v) is 4.14. The highest BCUT2D eigenvalue weighted by Gasteiger charge is 2.33. The second-order valence-corrected chi connectivity index (χ2v) is 7.64. The van der Waals surface area contributed by atoms with E-state index in [2.05, 4.69) is 40.2 Å². The summed E-state index contributed by atoms with van der Waals surface area (Å²) in [5.41, 5.74) is 3.31. The molecule has 0 saturated heterocycles. The van der Waals surface area contributed by atoms with Gasteiger partial charge < -0.3 is 4.98 Å². The summed E-state index contributed by atoms with van der Waals surface area (Å²) in [4.78, 5) is 5.28. The van der Waals surface area contributed by atoms with Gasteiger partial charge in [0.05, 0.1) is 11.1 Å². The monoisotopic (exact) mass is 398 g/mol. The largest absolute Gasteiger partial charge is 0.418 e. The minimum atomic E-state index is -4.33. The summed E-state index contributed by atoms with van der Waals surface area (Å²) in [6.07, 6.45) is 3.58. The van der Waals surface area contributed by atoms with Gasteiger partial charge in [0.1, 0.15) is 0 Å². The number of hydrogen-bond acceptors (Lipinski definition) is 1. The van der Waals surface area contributed by atoms with Crippen molar-refractivity contribution in [3.63, 3.8) is 0 Å². The van der Waals surface area contributed by atoms with Crippen molar-refractivity contribution >= 4 is 16.5 Å². The third-order valence-electron chi connectivity index (χ3n) is 5.71. The summed E-state index contributed by atoms with van der Waals surface area (Å²) >= 11 is 0. The van der Waals surface area contributed by atoms with Crippen molar-refractivity contribution in [1.82, 2.24) is 9.88 Å². The van der Waals surface area contributed by atoms with E-state index in [-0.39, 0.29) is 5.52 Å². The van der Waals surface area contributed by atoms with Crippen LogP contribution in [0, 0.1) is 0 Å². The van der Waals surface area contributed by atoms with Crippen molar-refractivity contribution in [3.05, 3.63) is 77.5 Å². The molecule has 1 aliphatic rings. The first-order valence-electron chi connectivity index (χ1n) is 10.2. The molecule has 0 spiro atoms.